The van der Waals surface area contributed by atoms with Crippen LogP contribution in [-0.4, -0.2) is 17.3 Å². The van der Waals surface area contributed by atoms with E-state index in [-0.39, 0.29) is 11.3 Å². The average molecular weight is 326 g/mol. The van der Waals surface area contributed by atoms with Crippen molar-refractivity contribution in [1.82, 2.24) is 0 Å². The lowest BCUT2D eigenvalue weighted by Crippen LogP contribution is -2.15. The Hall–Kier alpha value is -2.75. The van der Waals surface area contributed by atoms with E-state index in [0.717, 1.165) is 13.0 Å². The molecule has 4 nitrogen and oxygen atoms in total. The minimum Gasteiger partial charge on any atom is -0.477 e. The van der Waals surface area contributed by atoms with Gasteiger partial charge in [0, 0.05) is 5.69 Å². The van der Waals surface area contributed by atoms with Crippen LogP contribution in [0.25, 0.3) is 0 Å². The first-order valence-electron chi connectivity index (χ1n) is 6.73. The molecular formula is C16H17F3N2O2. The molecule has 0 amide bonds. The van der Waals surface area contributed by atoms with Crippen LogP contribution in [0.15, 0.2) is 47.7 Å². The van der Waals surface area contributed by atoms with Crippen LogP contribution in [-0.2, 0) is 4.79 Å². The molecule has 0 saturated heterocycles. The summed E-state index contributed by atoms with van der Waals surface area (Å²) in [5.41, 5.74) is -1.26. The fourth-order valence-electron chi connectivity index (χ4n) is 1.46. The summed E-state index contributed by atoms with van der Waals surface area (Å²) in [5, 5.41) is 20.1. The lowest BCUT2D eigenvalue weighted by atomic mass is 10.1. The number of aliphatic carboxylic acids is 1. The Morgan fingerprint density at radius 3 is 2.39 bits per heavy atom. The zero-order valence-electron chi connectivity index (χ0n) is 12.9. The zero-order valence-corrected chi connectivity index (χ0v) is 12.9. The maximum atomic E-state index is 12.6. The molecule has 0 spiro atoms. The lowest BCUT2D eigenvalue weighted by molar-refractivity contribution is -0.132. The number of halogens is 3. The maximum absolute atomic E-state index is 12.6. The van der Waals surface area contributed by atoms with Crippen molar-refractivity contribution in [3.8, 4) is 6.07 Å². The average Bonchev–Trinajstić information content (AvgIpc) is 2.52. The van der Waals surface area contributed by atoms with Crippen LogP contribution < -0.4 is 5.32 Å². The normalized spacial score (nSPS) is 11.9. The molecule has 0 radical (unpaired) electrons. The molecule has 1 rings (SSSR count). The molecule has 0 aliphatic rings. The number of carboxylic acid groups (broad SMARTS) is 1. The molecule has 0 aliphatic heterocycles. The molecule has 1 aromatic carbocycles. The predicted molar refractivity (Wildman–Crippen MR) is 81.7 cm³/mol. The van der Waals surface area contributed by atoms with E-state index in [1.54, 1.807) is 0 Å². The highest BCUT2D eigenvalue weighted by molar-refractivity contribution is 5.91. The number of hydrogen-bond donors (Lipinski definition) is 2. The van der Waals surface area contributed by atoms with Crippen molar-refractivity contribution < 1.29 is 23.1 Å². The van der Waals surface area contributed by atoms with Crippen molar-refractivity contribution in [3.63, 3.8) is 0 Å². The van der Waals surface area contributed by atoms with Crippen molar-refractivity contribution in [2.45, 2.75) is 26.9 Å². The van der Waals surface area contributed by atoms with Crippen LogP contribution in [0.1, 0.15) is 26.3 Å². The van der Waals surface area contributed by atoms with Crippen molar-refractivity contribution >= 4 is 11.7 Å². The fourth-order valence-corrected chi connectivity index (χ4v) is 1.46. The summed E-state index contributed by atoms with van der Waals surface area (Å²) in [6.45, 7) is 5.16. The third kappa shape index (κ3) is 6.70. The summed E-state index contributed by atoms with van der Waals surface area (Å²) < 4.78 is 37.9. The number of nitrogens with one attached hydrogen (secondary N) is 1. The van der Waals surface area contributed by atoms with Crippen LogP contribution in [0.5, 0.6) is 0 Å². The van der Waals surface area contributed by atoms with Crippen molar-refractivity contribution in [1.29, 1.82) is 5.26 Å². The van der Waals surface area contributed by atoms with Crippen LogP contribution in [0, 0.1) is 11.3 Å². The minimum atomic E-state index is -4.65. The predicted octanol–water partition coefficient (Wildman–Crippen LogP) is 4.47. The van der Waals surface area contributed by atoms with Gasteiger partial charge in [0.1, 0.15) is 5.70 Å². The van der Waals surface area contributed by atoms with E-state index < -0.39 is 23.4 Å². The van der Waals surface area contributed by atoms with E-state index >= 15 is 0 Å². The smallest absolute Gasteiger partial charge is 0.416 e. The minimum absolute atomic E-state index is 0.209. The topological polar surface area (TPSA) is 73.1 Å². The SMILES string of the molecule is C/C=C(/C=C(\Nc1cccc(C#N)c1)C(=O)O)C(F)(F)F.CC. The van der Waals surface area contributed by atoms with E-state index in [0.29, 0.717) is 6.08 Å². The van der Waals surface area contributed by atoms with E-state index in [4.69, 9.17) is 10.4 Å². The van der Waals surface area contributed by atoms with E-state index in [2.05, 4.69) is 5.32 Å². The van der Waals surface area contributed by atoms with Crippen LogP contribution in [0.3, 0.4) is 0 Å². The van der Waals surface area contributed by atoms with Crippen LogP contribution >= 0.6 is 0 Å². The van der Waals surface area contributed by atoms with Gasteiger partial charge in [-0.2, -0.15) is 18.4 Å². The molecule has 0 aliphatic carbocycles. The summed E-state index contributed by atoms with van der Waals surface area (Å²) in [6, 6.07) is 7.60. The second kappa shape index (κ2) is 9.30. The summed E-state index contributed by atoms with van der Waals surface area (Å²) in [6.07, 6.45) is -3.37. The third-order valence-corrected chi connectivity index (χ3v) is 2.44. The lowest BCUT2D eigenvalue weighted by Gasteiger charge is -2.11. The summed E-state index contributed by atoms with van der Waals surface area (Å²) in [5.74, 6) is -1.54. The highest BCUT2D eigenvalue weighted by Gasteiger charge is 2.32. The Bertz CT molecular complexity index is 641. The number of carbonyl (C=O) groups is 1. The number of allylic oxidation sites excluding steroid dienone is 3. The molecule has 124 valence electrons. The Labute approximate surface area is 132 Å². The number of nitrogens with zero attached hydrogens (tertiary/aromatic N) is 1. The molecule has 7 heteroatoms. The molecule has 0 bridgehead atoms. The van der Waals surface area contributed by atoms with Gasteiger partial charge in [-0.25, -0.2) is 4.79 Å². The molecule has 1 aromatic rings. The summed E-state index contributed by atoms with van der Waals surface area (Å²) in [7, 11) is 0. The largest absolute Gasteiger partial charge is 0.477 e. The number of alkyl halides is 3. The molecule has 23 heavy (non-hydrogen) atoms. The standard InChI is InChI=1S/C14H11F3N2O2.C2H6/c1-2-10(14(15,16)17)7-12(13(20)21)19-11-5-3-4-9(6-11)8-18;1-2/h2-7,19H,1H3,(H,20,21);1-2H3/b10-2-,12-7-;. The monoisotopic (exact) mass is 326 g/mol. The van der Waals surface area contributed by atoms with Gasteiger partial charge in [0.15, 0.2) is 0 Å². The molecule has 0 unspecified atom stereocenters. The van der Waals surface area contributed by atoms with Crippen LogP contribution in [0.4, 0.5) is 18.9 Å². The van der Waals surface area contributed by atoms with E-state index in [1.807, 2.05) is 19.9 Å². The van der Waals surface area contributed by atoms with Gasteiger partial charge in [-0.05, 0) is 31.2 Å². The van der Waals surface area contributed by atoms with Gasteiger partial charge < -0.3 is 10.4 Å². The van der Waals surface area contributed by atoms with Gasteiger partial charge in [-0.15, -0.1) is 0 Å². The van der Waals surface area contributed by atoms with Gasteiger partial charge in [0.25, 0.3) is 0 Å². The quantitative estimate of drug-likeness (QED) is 0.632. The van der Waals surface area contributed by atoms with Gasteiger partial charge in [-0.3, -0.25) is 0 Å². The van der Waals surface area contributed by atoms with Crippen molar-refractivity contribution in [2.24, 2.45) is 0 Å². The number of benzene rings is 1. The van der Waals surface area contributed by atoms with Gasteiger partial charge >= 0.3 is 12.1 Å². The molecule has 0 atom stereocenters. The molecule has 2 N–H and O–H groups in total. The third-order valence-electron chi connectivity index (χ3n) is 2.44. The summed E-state index contributed by atoms with van der Waals surface area (Å²) >= 11 is 0. The Balaban J connectivity index is 0.00000232. The molecule has 0 heterocycles. The Kier molecular flexibility index (Phi) is 8.19. The van der Waals surface area contributed by atoms with E-state index in [1.165, 1.54) is 24.3 Å². The molecule has 0 saturated carbocycles. The Morgan fingerprint density at radius 1 is 1.35 bits per heavy atom. The van der Waals surface area contributed by atoms with Gasteiger partial charge in [0.2, 0.25) is 0 Å². The summed E-state index contributed by atoms with van der Waals surface area (Å²) in [4.78, 5) is 11.0. The highest BCUT2D eigenvalue weighted by Crippen LogP contribution is 2.27. The number of rotatable bonds is 4. The molecular weight excluding hydrogens is 309 g/mol. The number of hydrogen-bond acceptors (Lipinski definition) is 3. The zero-order chi connectivity index (χ0) is 18.0. The van der Waals surface area contributed by atoms with Crippen molar-refractivity contribution in [2.75, 3.05) is 5.32 Å². The first kappa shape index (κ1) is 20.2. The Morgan fingerprint density at radius 2 is 1.96 bits per heavy atom. The first-order chi connectivity index (χ1) is 10.8. The second-order valence-electron chi connectivity index (χ2n) is 3.92. The second-order valence-corrected chi connectivity index (χ2v) is 3.92. The number of carboxylic acids is 1. The number of nitriles is 1. The van der Waals surface area contributed by atoms with Crippen molar-refractivity contribution in [3.05, 3.63) is 53.3 Å². The van der Waals surface area contributed by atoms with Gasteiger partial charge in [-0.1, -0.05) is 26.0 Å². The first-order valence-corrected chi connectivity index (χ1v) is 6.73. The fraction of sp³-hybridized carbons (Fsp3) is 0.250. The highest BCUT2D eigenvalue weighted by atomic mass is 19.4. The molecule has 0 fully saturated rings. The van der Waals surface area contributed by atoms with Gasteiger partial charge in [0.05, 0.1) is 17.2 Å². The van der Waals surface area contributed by atoms with Crippen LogP contribution in [0.2, 0.25) is 0 Å². The maximum Gasteiger partial charge on any atom is 0.416 e. The van der Waals surface area contributed by atoms with E-state index in [9.17, 15) is 18.0 Å². The molecule has 0 aromatic heterocycles. The number of anilines is 1.